The van der Waals surface area contributed by atoms with E-state index in [1.165, 1.54) is 0 Å². The third-order valence-corrected chi connectivity index (χ3v) is 4.03. The van der Waals surface area contributed by atoms with Crippen molar-refractivity contribution in [1.29, 1.82) is 0 Å². The van der Waals surface area contributed by atoms with E-state index in [1.54, 1.807) is 43.3 Å². The second-order valence-electron chi connectivity index (χ2n) is 5.31. The largest absolute Gasteiger partial charge is 0.462 e. The van der Waals surface area contributed by atoms with Gasteiger partial charge in [0.1, 0.15) is 11.3 Å². The fourth-order valence-electron chi connectivity index (χ4n) is 2.57. The molecule has 3 rings (SSSR count). The smallest absolute Gasteiger partial charge is 0.356 e. The highest BCUT2D eigenvalue weighted by atomic mass is 35.5. The Bertz CT molecular complexity index is 832. The van der Waals surface area contributed by atoms with Crippen molar-refractivity contribution in [2.45, 2.75) is 13.0 Å². The Labute approximate surface area is 150 Å². The zero-order valence-electron chi connectivity index (χ0n) is 13.5. The first-order chi connectivity index (χ1) is 12.1. The highest BCUT2D eigenvalue weighted by molar-refractivity contribution is 6.31. The number of carbonyl (C=O) groups excluding carboxylic acids is 2. The predicted molar refractivity (Wildman–Crippen MR) is 94.0 cm³/mol. The molecule has 0 aromatic heterocycles. The van der Waals surface area contributed by atoms with Gasteiger partial charge >= 0.3 is 11.9 Å². The average molecular weight is 358 g/mol. The van der Waals surface area contributed by atoms with Gasteiger partial charge in [-0.15, -0.1) is 0 Å². The number of benzene rings is 2. The van der Waals surface area contributed by atoms with E-state index in [1.807, 2.05) is 18.2 Å². The second kappa shape index (κ2) is 7.40. The molecular weight excluding hydrogens is 342 g/mol. The number of hydrogen-bond acceptors (Lipinski definition) is 5. The van der Waals surface area contributed by atoms with Crippen LogP contribution in [0.5, 0.6) is 0 Å². The summed E-state index contributed by atoms with van der Waals surface area (Å²) in [4.78, 5) is 24.9. The molecule has 0 spiro atoms. The summed E-state index contributed by atoms with van der Waals surface area (Å²) in [6.45, 7) is 1.88. The lowest BCUT2D eigenvalue weighted by atomic mass is 10.0. The normalized spacial score (nSPS) is 16.6. The molecule has 0 aliphatic carbocycles. The van der Waals surface area contributed by atoms with Gasteiger partial charge in [-0.05, 0) is 25.1 Å². The van der Waals surface area contributed by atoms with Gasteiger partial charge in [-0.2, -0.15) is 0 Å². The fourth-order valence-corrected chi connectivity index (χ4v) is 2.81. The molecular formula is C19H16ClNO4. The summed E-state index contributed by atoms with van der Waals surface area (Å²) < 4.78 is 10.6. The number of para-hydroxylation sites is 1. The Balaban J connectivity index is 2.06. The molecule has 0 radical (unpaired) electrons. The number of carbonyl (C=O) groups is 2. The molecule has 25 heavy (non-hydrogen) atoms. The van der Waals surface area contributed by atoms with Crippen LogP contribution in [0.15, 0.2) is 65.9 Å². The van der Waals surface area contributed by atoms with Crippen LogP contribution in [0.1, 0.15) is 18.6 Å². The number of hydrogen-bond donors (Lipinski definition) is 1. The molecule has 0 saturated carbocycles. The third kappa shape index (κ3) is 3.51. The molecule has 1 aliphatic heterocycles. The minimum absolute atomic E-state index is 0.0644. The summed E-state index contributed by atoms with van der Waals surface area (Å²) in [5.41, 5.74) is 1.37. The first-order valence-corrected chi connectivity index (χ1v) is 8.18. The first kappa shape index (κ1) is 17.0. The van der Waals surface area contributed by atoms with Crippen LogP contribution in [-0.2, 0) is 19.1 Å². The number of esters is 2. The van der Waals surface area contributed by atoms with E-state index in [9.17, 15) is 9.59 Å². The van der Waals surface area contributed by atoms with E-state index in [2.05, 4.69) is 5.32 Å². The summed E-state index contributed by atoms with van der Waals surface area (Å²) in [6.07, 6.45) is -0.911. The number of cyclic esters (lactones) is 1. The van der Waals surface area contributed by atoms with Crippen LogP contribution in [-0.4, -0.2) is 18.5 Å². The van der Waals surface area contributed by atoms with Crippen molar-refractivity contribution in [3.63, 3.8) is 0 Å². The van der Waals surface area contributed by atoms with Crippen molar-refractivity contribution in [1.82, 2.24) is 0 Å². The molecule has 5 nitrogen and oxygen atoms in total. The van der Waals surface area contributed by atoms with Gasteiger partial charge < -0.3 is 14.8 Å². The number of nitrogens with one attached hydrogen (secondary N) is 1. The Morgan fingerprint density at radius 2 is 1.84 bits per heavy atom. The summed E-state index contributed by atoms with van der Waals surface area (Å²) >= 11 is 6.22. The first-order valence-electron chi connectivity index (χ1n) is 7.80. The lowest BCUT2D eigenvalue weighted by Crippen LogP contribution is -2.16. The molecule has 0 saturated heterocycles. The molecule has 6 heteroatoms. The van der Waals surface area contributed by atoms with Gasteiger partial charge in [-0.25, -0.2) is 9.59 Å². The predicted octanol–water partition coefficient (Wildman–Crippen LogP) is 3.87. The molecule has 2 aromatic rings. The molecule has 2 aromatic carbocycles. The van der Waals surface area contributed by atoms with Crippen LogP contribution in [0.3, 0.4) is 0 Å². The van der Waals surface area contributed by atoms with Gasteiger partial charge in [-0.1, -0.05) is 48.0 Å². The van der Waals surface area contributed by atoms with Gasteiger partial charge in [0.15, 0.2) is 6.10 Å². The lowest BCUT2D eigenvalue weighted by molar-refractivity contribution is -0.142. The molecule has 0 bridgehead atoms. The lowest BCUT2D eigenvalue weighted by Gasteiger charge is -2.15. The van der Waals surface area contributed by atoms with Crippen LogP contribution in [0.25, 0.3) is 0 Å². The fraction of sp³-hybridized carbons (Fsp3) is 0.158. The summed E-state index contributed by atoms with van der Waals surface area (Å²) in [6, 6.07) is 16.0. The molecule has 1 unspecified atom stereocenters. The Kier molecular flexibility index (Phi) is 5.05. The van der Waals surface area contributed by atoms with Gasteiger partial charge in [-0.3, -0.25) is 0 Å². The van der Waals surface area contributed by atoms with Gasteiger partial charge in [0.2, 0.25) is 0 Å². The average Bonchev–Trinajstić information content (AvgIpc) is 2.93. The van der Waals surface area contributed by atoms with Crippen LogP contribution in [0.4, 0.5) is 5.69 Å². The summed E-state index contributed by atoms with van der Waals surface area (Å²) in [5.74, 6) is -1.24. The molecule has 128 valence electrons. The van der Waals surface area contributed by atoms with Gasteiger partial charge in [0, 0.05) is 16.3 Å². The number of rotatable bonds is 5. The maximum atomic E-state index is 12.5. The highest BCUT2D eigenvalue weighted by Gasteiger charge is 2.41. The quantitative estimate of drug-likeness (QED) is 0.823. The van der Waals surface area contributed by atoms with E-state index < -0.39 is 18.0 Å². The Morgan fingerprint density at radius 3 is 2.52 bits per heavy atom. The van der Waals surface area contributed by atoms with E-state index in [-0.39, 0.29) is 17.9 Å². The topological polar surface area (TPSA) is 64.6 Å². The molecule has 1 N–H and O–H groups in total. The maximum Gasteiger partial charge on any atom is 0.356 e. The Morgan fingerprint density at radius 1 is 1.16 bits per heavy atom. The van der Waals surface area contributed by atoms with Gasteiger partial charge in [0.25, 0.3) is 0 Å². The second-order valence-corrected chi connectivity index (χ2v) is 5.71. The van der Waals surface area contributed by atoms with Crippen molar-refractivity contribution in [3.05, 3.63) is 76.5 Å². The van der Waals surface area contributed by atoms with Crippen molar-refractivity contribution >= 4 is 29.2 Å². The van der Waals surface area contributed by atoms with E-state index in [4.69, 9.17) is 21.1 Å². The monoisotopic (exact) mass is 357 g/mol. The number of anilines is 1. The Hall–Kier alpha value is -2.79. The van der Waals surface area contributed by atoms with E-state index >= 15 is 0 Å². The SMILES string of the molecule is CCOC(=O)C1=C(Nc2ccccc2)C(=O)OC1c1ccccc1Cl. The van der Waals surface area contributed by atoms with Gasteiger partial charge in [0.05, 0.1) is 6.61 Å². The zero-order chi connectivity index (χ0) is 17.8. The van der Waals surface area contributed by atoms with Crippen molar-refractivity contribution in [3.8, 4) is 0 Å². The number of halogens is 1. The highest BCUT2D eigenvalue weighted by Crippen LogP contribution is 2.39. The molecule has 0 amide bonds. The van der Waals surface area contributed by atoms with Crippen LogP contribution in [0.2, 0.25) is 5.02 Å². The van der Waals surface area contributed by atoms with Crippen molar-refractivity contribution in [2.24, 2.45) is 0 Å². The van der Waals surface area contributed by atoms with Crippen molar-refractivity contribution in [2.75, 3.05) is 11.9 Å². The molecule has 0 fully saturated rings. The zero-order valence-corrected chi connectivity index (χ0v) is 14.2. The molecule has 1 aliphatic rings. The van der Waals surface area contributed by atoms with E-state index in [0.29, 0.717) is 16.3 Å². The van der Waals surface area contributed by atoms with Crippen LogP contribution < -0.4 is 5.32 Å². The van der Waals surface area contributed by atoms with Crippen molar-refractivity contribution < 1.29 is 19.1 Å². The van der Waals surface area contributed by atoms with E-state index in [0.717, 1.165) is 0 Å². The molecule has 1 atom stereocenters. The van der Waals surface area contributed by atoms with Crippen LogP contribution in [0, 0.1) is 0 Å². The summed E-state index contributed by atoms with van der Waals surface area (Å²) in [7, 11) is 0. The standard InChI is InChI=1S/C19H16ClNO4/c1-2-24-18(22)15-16(21-12-8-4-3-5-9-12)19(23)25-17(15)13-10-6-7-11-14(13)20/h3-11,17,21H,2H2,1H3. The maximum absolute atomic E-state index is 12.5. The minimum atomic E-state index is -0.911. The minimum Gasteiger partial charge on any atom is -0.462 e. The summed E-state index contributed by atoms with van der Waals surface area (Å²) in [5, 5.41) is 3.37. The van der Waals surface area contributed by atoms with Crippen LogP contribution >= 0.6 is 11.6 Å². The number of ether oxygens (including phenoxy) is 2. The molecule has 1 heterocycles. The third-order valence-electron chi connectivity index (χ3n) is 3.69.